The van der Waals surface area contributed by atoms with Gasteiger partial charge in [0.2, 0.25) is 11.1 Å². The summed E-state index contributed by atoms with van der Waals surface area (Å²) in [5.41, 5.74) is 1.99. The molecule has 0 aliphatic rings. The van der Waals surface area contributed by atoms with E-state index in [9.17, 15) is 4.79 Å². The maximum Gasteiger partial charge on any atom is 0.234 e. The van der Waals surface area contributed by atoms with Crippen LogP contribution >= 0.6 is 11.8 Å². The molecule has 1 N–H and O–H groups in total. The summed E-state index contributed by atoms with van der Waals surface area (Å²) in [6.07, 6.45) is 1.59. The van der Waals surface area contributed by atoms with E-state index in [1.807, 2.05) is 36.4 Å². The minimum atomic E-state index is -0.216. The average molecular weight is 435 g/mol. The minimum Gasteiger partial charge on any atom is -0.495 e. The highest BCUT2D eigenvalue weighted by Crippen LogP contribution is 2.36. The number of rotatable bonds is 7. The quantitative estimate of drug-likeness (QED) is 0.383. The van der Waals surface area contributed by atoms with E-state index in [-0.39, 0.29) is 11.7 Å². The smallest absolute Gasteiger partial charge is 0.234 e. The van der Waals surface area contributed by atoms with Crippen molar-refractivity contribution in [2.75, 3.05) is 18.2 Å². The number of tetrazole rings is 1. The number of furan rings is 2. The topological polar surface area (TPSA) is 108 Å². The van der Waals surface area contributed by atoms with Gasteiger partial charge in [0.05, 0.1) is 24.8 Å². The summed E-state index contributed by atoms with van der Waals surface area (Å²) in [6, 6.07) is 15.0. The number of nitrogens with zero attached hydrogens (tertiary/aromatic N) is 4. The van der Waals surface area contributed by atoms with Gasteiger partial charge in [-0.1, -0.05) is 30.0 Å². The van der Waals surface area contributed by atoms with Crippen LogP contribution in [-0.4, -0.2) is 39.0 Å². The van der Waals surface area contributed by atoms with Gasteiger partial charge in [0.15, 0.2) is 0 Å². The van der Waals surface area contributed by atoms with Gasteiger partial charge in [-0.2, -0.15) is 0 Å². The number of fused-ring (bicyclic) bond motifs is 3. The van der Waals surface area contributed by atoms with Crippen LogP contribution in [0.25, 0.3) is 21.9 Å². The van der Waals surface area contributed by atoms with Crippen LogP contribution in [0.3, 0.4) is 0 Å². The molecule has 31 heavy (non-hydrogen) atoms. The van der Waals surface area contributed by atoms with Gasteiger partial charge in [-0.05, 0) is 34.7 Å². The molecule has 0 saturated carbocycles. The number of benzene rings is 2. The van der Waals surface area contributed by atoms with Crippen molar-refractivity contribution in [3.63, 3.8) is 0 Å². The number of thioether (sulfide) groups is 1. The van der Waals surface area contributed by atoms with Crippen LogP contribution < -0.4 is 10.1 Å². The first-order valence-electron chi connectivity index (χ1n) is 9.42. The SMILES string of the molecule is COc1cc2c(cc1NC(=O)CSc1nnnn1Cc1ccco1)oc1ccccc12. The predicted octanol–water partition coefficient (Wildman–Crippen LogP) is 3.95. The van der Waals surface area contributed by atoms with Gasteiger partial charge in [-0.15, -0.1) is 5.10 Å². The Kier molecular flexibility index (Phi) is 5.04. The van der Waals surface area contributed by atoms with E-state index in [1.165, 1.54) is 11.8 Å². The van der Waals surface area contributed by atoms with Crippen LogP contribution in [0.1, 0.15) is 5.76 Å². The number of amides is 1. The summed E-state index contributed by atoms with van der Waals surface area (Å²) >= 11 is 1.23. The molecule has 0 fully saturated rings. The minimum absolute atomic E-state index is 0.125. The van der Waals surface area contributed by atoms with Crippen molar-refractivity contribution in [3.8, 4) is 5.75 Å². The Morgan fingerprint density at radius 3 is 2.90 bits per heavy atom. The van der Waals surface area contributed by atoms with Gasteiger partial charge < -0.3 is 18.9 Å². The first-order valence-corrected chi connectivity index (χ1v) is 10.4. The fourth-order valence-corrected chi connectivity index (χ4v) is 3.96. The van der Waals surface area contributed by atoms with Crippen LogP contribution in [-0.2, 0) is 11.3 Å². The number of anilines is 1. The standard InChI is InChI=1S/C21H17N5O4S/c1-28-19-9-15-14-6-2-3-7-17(14)30-18(15)10-16(19)22-20(27)12-31-21-23-24-25-26(21)11-13-5-4-8-29-13/h2-10H,11-12H2,1H3,(H,22,27). The normalized spacial score (nSPS) is 11.3. The van der Waals surface area contributed by atoms with E-state index in [0.717, 1.165) is 22.1 Å². The molecule has 1 amide bonds. The molecule has 0 bridgehead atoms. The second kappa shape index (κ2) is 8.15. The number of nitrogens with one attached hydrogen (secondary N) is 1. The third-order valence-corrected chi connectivity index (χ3v) is 5.65. The first-order chi connectivity index (χ1) is 15.2. The van der Waals surface area contributed by atoms with Crippen LogP contribution in [0.15, 0.2) is 68.8 Å². The molecule has 0 spiro atoms. The van der Waals surface area contributed by atoms with Crippen molar-refractivity contribution < 1.29 is 18.4 Å². The zero-order valence-electron chi connectivity index (χ0n) is 16.4. The summed E-state index contributed by atoms with van der Waals surface area (Å²) in [7, 11) is 1.57. The molecule has 0 aliphatic heterocycles. The fraction of sp³-hybridized carbons (Fsp3) is 0.143. The number of methoxy groups -OCH3 is 1. The number of carbonyl (C=O) groups is 1. The van der Waals surface area contributed by atoms with Crippen molar-refractivity contribution in [2.24, 2.45) is 0 Å². The molecule has 0 saturated heterocycles. The largest absolute Gasteiger partial charge is 0.495 e. The molecule has 9 nitrogen and oxygen atoms in total. The fourth-order valence-electron chi connectivity index (χ4n) is 3.28. The molecule has 10 heteroatoms. The molecule has 0 unspecified atom stereocenters. The molecular formula is C21H17N5O4S. The van der Waals surface area contributed by atoms with Gasteiger partial charge in [0.25, 0.3) is 0 Å². The zero-order chi connectivity index (χ0) is 21.2. The summed E-state index contributed by atoms with van der Waals surface area (Å²) in [5.74, 6) is 1.19. The van der Waals surface area contributed by atoms with Gasteiger partial charge in [0.1, 0.15) is 29.2 Å². The molecule has 3 aromatic heterocycles. The van der Waals surface area contributed by atoms with Crippen molar-refractivity contribution >= 4 is 45.3 Å². The van der Waals surface area contributed by atoms with E-state index >= 15 is 0 Å². The van der Waals surface area contributed by atoms with E-state index < -0.39 is 0 Å². The predicted molar refractivity (Wildman–Crippen MR) is 115 cm³/mol. The maximum absolute atomic E-state index is 12.6. The molecule has 0 aliphatic carbocycles. The lowest BCUT2D eigenvalue weighted by Crippen LogP contribution is -2.15. The Labute approximate surface area is 180 Å². The van der Waals surface area contributed by atoms with E-state index in [1.54, 1.807) is 30.2 Å². The molecule has 0 atom stereocenters. The Morgan fingerprint density at radius 1 is 1.16 bits per heavy atom. The summed E-state index contributed by atoms with van der Waals surface area (Å²) in [4.78, 5) is 12.6. The van der Waals surface area contributed by atoms with Crippen molar-refractivity contribution in [1.82, 2.24) is 20.2 Å². The maximum atomic E-state index is 12.6. The van der Waals surface area contributed by atoms with Crippen LogP contribution in [0, 0.1) is 0 Å². The van der Waals surface area contributed by atoms with Gasteiger partial charge >= 0.3 is 0 Å². The number of aromatic nitrogens is 4. The lowest BCUT2D eigenvalue weighted by atomic mass is 10.1. The summed E-state index contributed by atoms with van der Waals surface area (Å²) < 4.78 is 18.3. The first kappa shape index (κ1) is 19.2. The zero-order valence-corrected chi connectivity index (χ0v) is 17.3. The Hall–Kier alpha value is -3.79. The Bertz CT molecular complexity index is 1360. The number of carbonyl (C=O) groups excluding carboxylic acids is 1. The van der Waals surface area contributed by atoms with Gasteiger partial charge in [0, 0.05) is 16.8 Å². The van der Waals surface area contributed by atoms with E-state index in [0.29, 0.717) is 28.7 Å². The second-order valence-corrected chi connectivity index (χ2v) is 7.62. The van der Waals surface area contributed by atoms with E-state index in [2.05, 4.69) is 20.8 Å². The molecule has 156 valence electrons. The van der Waals surface area contributed by atoms with Crippen molar-refractivity contribution in [1.29, 1.82) is 0 Å². The lowest BCUT2D eigenvalue weighted by Gasteiger charge is -2.10. The molecule has 0 radical (unpaired) electrons. The number of hydrogen-bond donors (Lipinski definition) is 1. The highest BCUT2D eigenvalue weighted by molar-refractivity contribution is 7.99. The van der Waals surface area contributed by atoms with Crippen molar-refractivity contribution in [3.05, 3.63) is 60.6 Å². The number of ether oxygens (including phenoxy) is 1. The second-order valence-electron chi connectivity index (χ2n) is 6.68. The highest BCUT2D eigenvalue weighted by atomic mass is 32.2. The third kappa shape index (κ3) is 3.84. The number of hydrogen-bond acceptors (Lipinski definition) is 8. The lowest BCUT2D eigenvalue weighted by molar-refractivity contribution is -0.113. The molecule has 5 rings (SSSR count). The van der Waals surface area contributed by atoms with Gasteiger partial charge in [-0.3, -0.25) is 4.79 Å². The Morgan fingerprint density at radius 2 is 2.06 bits per heavy atom. The molecule has 3 heterocycles. The van der Waals surface area contributed by atoms with Crippen LogP contribution in [0.2, 0.25) is 0 Å². The summed E-state index contributed by atoms with van der Waals surface area (Å²) in [5, 5.41) is 16.9. The molecule has 2 aromatic carbocycles. The average Bonchev–Trinajstić information content (AvgIpc) is 3.52. The molecular weight excluding hydrogens is 418 g/mol. The Balaban J connectivity index is 1.31. The highest BCUT2D eigenvalue weighted by Gasteiger charge is 2.16. The van der Waals surface area contributed by atoms with Gasteiger partial charge in [-0.25, -0.2) is 4.68 Å². The monoisotopic (exact) mass is 435 g/mol. The number of para-hydroxylation sites is 1. The van der Waals surface area contributed by atoms with Crippen molar-refractivity contribution in [2.45, 2.75) is 11.7 Å². The van der Waals surface area contributed by atoms with Crippen LogP contribution in [0.4, 0.5) is 5.69 Å². The van der Waals surface area contributed by atoms with Crippen LogP contribution in [0.5, 0.6) is 5.75 Å². The third-order valence-electron chi connectivity index (χ3n) is 4.69. The van der Waals surface area contributed by atoms with E-state index in [4.69, 9.17) is 13.6 Å². The summed E-state index contributed by atoms with van der Waals surface area (Å²) in [6.45, 7) is 0.389. The molecule has 5 aromatic rings.